The van der Waals surface area contributed by atoms with E-state index in [4.69, 9.17) is 4.74 Å². The van der Waals surface area contributed by atoms with Crippen molar-refractivity contribution in [3.63, 3.8) is 0 Å². The van der Waals surface area contributed by atoms with Gasteiger partial charge in [0.25, 0.3) is 5.01 Å². The van der Waals surface area contributed by atoms with Crippen molar-refractivity contribution in [2.75, 3.05) is 11.9 Å². The van der Waals surface area contributed by atoms with E-state index in [1.54, 1.807) is 0 Å². The fraction of sp³-hybridized carbons (Fsp3) is 0.229. The van der Waals surface area contributed by atoms with Crippen LogP contribution in [-0.4, -0.2) is 7.05 Å². The predicted molar refractivity (Wildman–Crippen MR) is 165 cm³/mol. The molecule has 1 aromatic heterocycles. The zero-order valence-corrected chi connectivity index (χ0v) is 23.8. The second kappa shape index (κ2) is 9.10. The van der Waals surface area contributed by atoms with Crippen LogP contribution in [0.4, 0.5) is 5.69 Å². The average molecular weight is 530 g/mol. The number of fused-ring (bicyclic) bond motifs is 5. The molecule has 194 valence electrons. The van der Waals surface area contributed by atoms with Crippen LogP contribution in [0.1, 0.15) is 38.6 Å². The summed E-state index contributed by atoms with van der Waals surface area (Å²) in [4.78, 5) is 2.18. The van der Waals surface area contributed by atoms with Gasteiger partial charge in [-0.3, -0.25) is 0 Å². The van der Waals surface area contributed by atoms with Crippen molar-refractivity contribution >= 4 is 54.9 Å². The second-order valence-corrected chi connectivity index (χ2v) is 12.6. The molecule has 0 fully saturated rings. The van der Waals surface area contributed by atoms with Crippen molar-refractivity contribution in [2.24, 2.45) is 5.41 Å². The molecule has 2 aliphatic rings. The van der Waals surface area contributed by atoms with Crippen molar-refractivity contribution in [1.29, 1.82) is 0 Å². The molecule has 0 bridgehead atoms. The highest BCUT2D eigenvalue weighted by Crippen LogP contribution is 2.44. The largest absolute Gasteiger partial charge is 0.439 e. The van der Waals surface area contributed by atoms with Crippen LogP contribution in [0.15, 0.2) is 102 Å². The number of aromatic nitrogens is 1. The maximum absolute atomic E-state index is 6.39. The maximum Gasteiger partial charge on any atom is 0.263 e. The first kappa shape index (κ1) is 24.2. The Morgan fingerprint density at radius 1 is 0.923 bits per heavy atom. The molecule has 3 nitrogen and oxygen atoms in total. The van der Waals surface area contributed by atoms with E-state index in [2.05, 4.69) is 128 Å². The Morgan fingerprint density at radius 3 is 2.46 bits per heavy atom. The van der Waals surface area contributed by atoms with Crippen molar-refractivity contribution in [3.8, 4) is 5.75 Å². The van der Waals surface area contributed by atoms with E-state index in [1.165, 1.54) is 47.9 Å². The summed E-state index contributed by atoms with van der Waals surface area (Å²) in [5.74, 6) is 1.82. The molecule has 7 rings (SSSR count). The molecular formula is C35H33N2OS+. The van der Waals surface area contributed by atoms with Gasteiger partial charge in [0.2, 0.25) is 11.4 Å². The first-order valence-electron chi connectivity index (χ1n) is 13.8. The van der Waals surface area contributed by atoms with E-state index in [9.17, 15) is 0 Å². The molecule has 1 aliphatic heterocycles. The molecule has 0 unspecified atom stereocenters. The van der Waals surface area contributed by atoms with Gasteiger partial charge in [0.05, 0.1) is 11.1 Å². The number of ether oxygens (including phenoxy) is 1. The van der Waals surface area contributed by atoms with Crippen LogP contribution in [0.5, 0.6) is 5.75 Å². The van der Waals surface area contributed by atoms with Crippen LogP contribution in [0.2, 0.25) is 0 Å². The van der Waals surface area contributed by atoms with Crippen molar-refractivity contribution in [3.05, 3.63) is 107 Å². The number of hydrogen-bond acceptors (Lipinski definition) is 3. The first-order chi connectivity index (χ1) is 18.9. The number of nitrogens with zero attached hydrogens (tertiary/aromatic N) is 2. The lowest BCUT2D eigenvalue weighted by Crippen LogP contribution is -2.33. The van der Waals surface area contributed by atoms with E-state index >= 15 is 0 Å². The number of thiazole rings is 1. The summed E-state index contributed by atoms with van der Waals surface area (Å²) in [6.45, 7) is 7.95. The number of allylic oxidation sites excluding steroid dienone is 4. The summed E-state index contributed by atoms with van der Waals surface area (Å²) in [6.07, 6.45) is 9.13. The van der Waals surface area contributed by atoms with Crippen LogP contribution in [-0.2, 0) is 6.54 Å². The molecule has 2 heterocycles. The smallest absolute Gasteiger partial charge is 0.263 e. The van der Waals surface area contributed by atoms with Gasteiger partial charge in [-0.15, -0.1) is 0 Å². The van der Waals surface area contributed by atoms with Crippen LogP contribution in [0, 0.1) is 5.41 Å². The Kier molecular flexibility index (Phi) is 5.64. The van der Waals surface area contributed by atoms with Gasteiger partial charge in [0.1, 0.15) is 11.2 Å². The number of aryl methyl sites for hydroxylation is 1. The van der Waals surface area contributed by atoms with E-state index in [1.807, 2.05) is 11.3 Å². The molecule has 0 saturated heterocycles. The highest BCUT2D eigenvalue weighted by Gasteiger charge is 2.29. The fourth-order valence-corrected chi connectivity index (χ4v) is 7.50. The van der Waals surface area contributed by atoms with Crippen molar-refractivity contribution in [1.82, 2.24) is 0 Å². The van der Waals surface area contributed by atoms with Crippen LogP contribution >= 0.6 is 11.3 Å². The zero-order chi connectivity index (χ0) is 26.7. The predicted octanol–water partition coefficient (Wildman–Crippen LogP) is 9.02. The minimum Gasteiger partial charge on any atom is -0.439 e. The van der Waals surface area contributed by atoms with Gasteiger partial charge < -0.3 is 9.64 Å². The second-order valence-electron chi connectivity index (χ2n) is 11.6. The van der Waals surface area contributed by atoms with Gasteiger partial charge in [0, 0.05) is 19.2 Å². The summed E-state index contributed by atoms with van der Waals surface area (Å²) in [5.41, 5.74) is 5.32. The maximum atomic E-state index is 6.39. The van der Waals surface area contributed by atoms with Gasteiger partial charge in [0.15, 0.2) is 5.75 Å². The third kappa shape index (κ3) is 4.24. The molecule has 0 N–H and O–H groups in total. The standard InChI is InChI=1S/C35H33N2OS/c1-5-37-33(39-31-15-14-25-10-8-9-13-28(25)34(31)37)18-24-16-23(21-35(2,3)22-24)17-32-36(4)29-19-26-11-6-7-12-27(26)20-30(29)38-32/h6-20H,5,21-22H2,1-4H3/q+1. The third-order valence-electron chi connectivity index (χ3n) is 8.02. The molecular weight excluding hydrogens is 496 g/mol. The van der Waals surface area contributed by atoms with Crippen LogP contribution in [0.25, 0.3) is 37.8 Å². The normalized spacial score (nSPS) is 18.8. The fourth-order valence-electron chi connectivity index (χ4n) is 6.28. The summed E-state index contributed by atoms with van der Waals surface area (Å²) >= 11 is 1.89. The van der Waals surface area contributed by atoms with Gasteiger partial charge in [-0.05, 0) is 76.8 Å². The van der Waals surface area contributed by atoms with Gasteiger partial charge >= 0.3 is 0 Å². The number of anilines is 1. The highest BCUT2D eigenvalue weighted by molar-refractivity contribution is 7.19. The molecule has 0 spiro atoms. The molecule has 0 amide bonds. The van der Waals surface area contributed by atoms with E-state index in [0.29, 0.717) is 0 Å². The summed E-state index contributed by atoms with van der Waals surface area (Å²) in [6, 6.07) is 26.1. The number of rotatable bonds is 3. The minimum absolute atomic E-state index is 0.173. The van der Waals surface area contributed by atoms with Crippen LogP contribution in [0.3, 0.4) is 0 Å². The molecule has 39 heavy (non-hydrogen) atoms. The minimum atomic E-state index is 0.173. The zero-order valence-electron chi connectivity index (χ0n) is 23.0. The van der Waals surface area contributed by atoms with E-state index in [-0.39, 0.29) is 5.41 Å². The topological polar surface area (TPSA) is 16.4 Å². The Balaban J connectivity index is 1.28. The van der Waals surface area contributed by atoms with Gasteiger partial charge in [-0.2, -0.15) is 4.57 Å². The summed E-state index contributed by atoms with van der Waals surface area (Å²) in [5, 5.41) is 6.38. The average Bonchev–Trinajstić information content (AvgIpc) is 3.42. The molecule has 0 radical (unpaired) electrons. The van der Waals surface area contributed by atoms with Crippen molar-refractivity contribution in [2.45, 2.75) is 40.2 Å². The lowest BCUT2D eigenvalue weighted by atomic mass is 9.75. The third-order valence-corrected chi connectivity index (χ3v) is 9.11. The van der Waals surface area contributed by atoms with E-state index < -0.39 is 0 Å². The Morgan fingerprint density at radius 2 is 1.67 bits per heavy atom. The molecule has 5 aromatic rings. The Hall–Kier alpha value is -3.89. The molecule has 0 saturated carbocycles. The van der Waals surface area contributed by atoms with Gasteiger partial charge in [-0.1, -0.05) is 79.8 Å². The van der Waals surface area contributed by atoms with Crippen molar-refractivity contribution < 1.29 is 9.30 Å². The monoisotopic (exact) mass is 529 g/mol. The Labute approximate surface area is 234 Å². The first-order valence-corrected chi connectivity index (χ1v) is 14.6. The molecule has 1 aliphatic carbocycles. The summed E-state index contributed by atoms with van der Waals surface area (Å²) < 4.78 is 10.2. The number of hydrogen-bond donors (Lipinski definition) is 0. The van der Waals surface area contributed by atoms with E-state index in [0.717, 1.165) is 36.7 Å². The molecule has 4 aromatic carbocycles. The van der Waals surface area contributed by atoms with Gasteiger partial charge in [-0.25, -0.2) is 0 Å². The van der Waals surface area contributed by atoms with Crippen LogP contribution < -0.4 is 14.2 Å². The lowest BCUT2D eigenvalue weighted by molar-refractivity contribution is -0.664. The highest BCUT2D eigenvalue weighted by atomic mass is 32.1. The SMILES string of the molecule is CC[n+]1c(C=C2C=C(C=C3Oc4cc5ccccc5cc4N3C)CC(C)(C)C2)sc2ccc3ccccc3c21. The lowest BCUT2D eigenvalue weighted by Gasteiger charge is -2.30. The molecule has 0 atom stereocenters. The number of benzene rings is 4. The Bertz CT molecular complexity index is 1870. The molecule has 4 heteroatoms. The quantitative estimate of drug-likeness (QED) is 0.217. The summed E-state index contributed by atoms with van der Waals surface area (Å²) in [7, 11) is 2.10.